The molecule has 0 radical (unpaired) electrons. The molecular weight excluding hydrogens is 751 g/mol. The van der Waals surface area contributed by atoms with Crippen LogP contribution in [0.1, 0.15) is 62.0 Å². The van der Waals surface area contributed by atoms with Crippen LogP contribution in [0.2, 0.25) is 5.04 Å². The number of nitrogens with zero attached hydrogens (tertiary/aromatic N) is 1. The number of imide groups is 1. The highest BCUT2D eigenvalue weighted by atomic mass is 32.1. The molecule has 3 aromatic carbocycles. The quantitative estimate of drug-likeness (QED) is 0.0582. The van der Waals surface area contributed by atoms with Crippen molar-refractivity contribution in [3.05, 3.63) is 154 Å². The zero-order valence-corrected chi connectivity index (χ0v) is 34.5. The second-order valence-electron chi connectivity index (χ2n) is 16.0. The van der Waals surface area contributed by atoms with E-state index in [1.165, 1.54) is 16.2 Å². The number of hydrogen-bond donors (Lipinski definition) is 3. The molecule has 0 saturated carbocycles. The number of carbonyl (C=O) groups is 2. The van der Waals surface area contributed by atoms with Gasteiger partial charge in [-0.15, -0.1) is 11.3 Å². The molecule has 0 spiro atoms. The highest BCUT2D eigenvalue weighted by molar-refractivity contribution is 7.09. The Hall–Kier alpha value is -4.68. The van der Waals surface area contributed by atoms with Crippen molar-refractivity contribution in [1.29, 1.82) is 0 Å². The van der Waals surface area contributed by atoms with Gasteiger partial charge in [-0.05, 0) is 86.6 Å². The van der Waals surface area contributed by atoms with Crippen molar-refractivity contribution in [2.24, 2.45) is 17.8 Å². The molecule has 1 aliphatic heterocycles. The molecule has 5 aromatic rings. The van der Waals surface area contributed by atoms with Crippen LogP contribution in [0.15, 0.2) is 136 Å². The zero-order valence-electron chi connectivity index (χ0n) is 32.7. The van der Waals surface area contributed by atoms with Crippen molar-refractivity contribution in [3.8, 4) is 0 Å². The van der Waals surface area contributed by atoms with Crippen molar-refractivity contribution < 1.29 is 33.8 Å². The molecule has 2 aromatic heterocycles. The average molecular weight is 802 g/mol. The smallest absolute Gasteiger partial charge is 0.261 e. The van der Waals surface area contributed by atoms with Gasteiger partial charge >= 0.3 is 0 Å². The van der Waals surface area contributed by atoms with Gasteiger partial charge in [-0.25, -0.2) is 0 Å². The lowest BCUT2D eigenvalue weighted by Crippen LogP contribution is -2.66. The summed E-state index contributed by atoms with van der Waals surface area (Å²) in [5, 5.41) is 37.1. The summed E-state index contributed by atoms with van der Waals surface area (Å²) in [7, 11) is -3.05. The summed E-state index contributed by atoms with van der Waals surface area (Å²) in [5.74, 6) is -1.77. The number of thiophene rings is 1. The molecule has 57 heavy (non-hydrogen) atoms. The molecule has 296 valence electrons. The minimum atomic E-state index is -3.05. The van der Waals surface area contributed by atoms with Gasteiger partial charge < -0.3 is 24.2 Å². The first-order valence-electron chi connectivity index (χ1n) is 19.6. The van der Waals surface area contributed by atoms with E-state index in [9.17, 15) is 24.9 Å². The van der Waals surface area contributed by atoms with Crippen molar-refractivity contribution >= 4 is 53.5 Å². The Kier molecular flexibility index (Phi) is 12.4. The fourth-order valence-corrected chi connectivity index (χ4v) is 14.2. The topological polar surface area (TPSA) is 120 Å². The van der Waals surface area contributed by atoms with Gasteiger partial charge in [0.1, 0.15) is 18.1 Å². The van der Waals surface area contributed by atoms with Crippen LogP contribution < -0.4 is 10.4 Å². The molecule has 0 bridgehead atoms. The van der Waals surface area contributed by atoms with Gasteiger partial charge in [-0.3, -0.25) is 14.5 Å². The van der Waals surface area contributed by atoms with E-state index >= 15 is 0 Å². The van der Waals surface area contributed by atoms with Crippen LogP contribution in [-0.4, -0.2) is 59.7 Å². The third-order valence-corrected chi connectivity index (χ3v) is 17.4. The first-order chi connectivity index (χ1) is 27.6. The molecule has 1 saturated heterocycles. The molecule has 8 nitrogen and oxygen atoms in total. The van der Waals surface area contributed by atoms with Gasteiger partial charge in [0.05, 0.1) is 37.7 Å². The van der Waals surface area contributed by atoms with Crippen LogP contribution >= 0.6 is 11.3 Å². The molecule has 2 aliphatic rings. The summed E-state index contributed by atoms with van der Waals surface area (Å²) in [6, 6.07) is 37.9. The number of allylic oxidation sites excluding steroid dienone is 1. The average Bonchev–Trinajstić information content (AvgIpc) is 3.98. The van der Waals surface area contributed by atoms with Crippen LogP contribution in [0.4, 0.5) is 0 Å². The molecule has 10 heteroatoms. The van der Waals surface area contributed by atoms with E-state index in [2.05, 4.69) is 45.0 Å². The van der Waals surface area contributed by atoms with E-state index in [1.807, 2.05) is 96.4 Å². The van der Waals surface area contributed by atoms with Gasteiger partial charge in [-0.2, -0.15) is 0 Å². The zero-order chi connectivity index (χ0) is 40.2. The Balaban J connectivity index is 1.29. The minimum Gasteiger partial charge on any atom is -0.459 e. The fourth-order valence-electron chi connectivity index (χ4n) is 8.96. The normalized spacial score (nSPS) is 19.6. The highest BCUT2D eigenvalue weighted by Crippen LogP contribution is 2.48. The second kappa shape index (κ2) is 17.4. The summed E-state index contributed by atoms with van der Waals surface area (Å²) in [5.41, 5.74) is 3.23. The van der Waals surface area contributed by atoms with Crippen LogP contribution in [0, 0.1) is 17.8 Å². The van der Waals surface area contributed by atoms with Gasteiger partial charge in [0.25, 0.3) is 8.32 Å². The maximum atomic E-state index is 14.3. The number of aliphatic hydroxyl groups excluding tert-OH is 3. The van der Waals surface area contributed by atoms with Crippen LogP contribution in [0.5, 0.6) is 0 Å². The van der Waals surface area contributed by atoms with E-state index < -0.39 is 38.8 Å². The fraction of sp³-hybridized carbons (Fsp3) is 0.319. The predicted molar refractivity (Wildman–Crippen MR) is 227 cm³/mol. The number of rotatable bonds is 15. The Morgan fingerprint density at radius 1 is 0.895 bits per heavy atom. The number of furan rings is 1. The third-order valence-electron chi connectivity index (χ3n) is 11.6. The van der Waals surface area contributed by atoms with Crippen molar-refractivity contribution in [1.82, 2.24) is 4.90 Å². The first-order valence-corrected chi connectivity index (χ1v) is 22.4. The molecule has 1 fully saturated rings. The summed E-state index contributed by atoms with van der Waals surface area (Å²) in [6.45, 7) is 6.32. The maximum Gasteiger partial charge on any atom is 0.261 e. The van der Waals surface area contributed by atoms with Crippen molar-refractivity contribution in [2.75, 3.05) is 13.2 Å². The number of carbonyl (C=O) groups excluding carboxylic acids is 2. The van der Waals surface area contributed by atoms with Gasteiger partial charge in [0.15, 0.2) is 0 Å². The Morgan fingerprint density at radius 2 is 1.54 bits per heavy atom. The number of hydrogen-bond acceptors (Lipinski definition) is 8. The van der Waals surface area contributed by atoms with E-state index in [0.717, 1.165) is 32.0 Å². The third kappa shape index (κ3) is 8.21. The van der Waals surface area contributed by atoms with E-state index in [4.69, 9.17) is 8.84 Å². The summed E-state index contributed by atoms with van der Waals surface area (Å²) < 4.78 is 13.2. The summed E-state index contributed by atoms with van der Waals surface area (Å²) in [6.07, 6.45) is 1.84. The largest absolute Gasteiger partial charge is 0.459 e. The number of fused-ring (bicyclic) bond motifs is 1. The molecule has 4 atom stereocenters. The van der Waals surface area contributed by atoms with Gasteiger partial charge in [0, 0.05) is 10.8 Å². The minimum absolute atomic E-state index is 0.128. The Morgan fingerprint density at radius 3 is 2.11 bits per heavy atom. The lowest BCUT2D eigenvalue weighted by Gasteiger charge is -2.44. The molecule has 3 N–H and O–H groups in total. The van der Waals surface area contributed by atoms with Crippen LogP contribution in [0.25, 0.3) is 11.6 Å². The SMILES string of the molecule is CC(C)(C)[Si](OCC1=C([C@H](O)CC/C(=C/c2ccc(CO)o2)c2ccccc2)[C@H](CO)[C@@H]2C(=O)N(Cc3cccs3)C(=O)[C@@H]2C1)(c1ccccc1)c1ccccc1. The summed E-state index contributed by atoms with van der Waals surface area (Å²) >= 11 is 1.49. The van der Waals surface area contributed by atoms with Gasteiger partial charge in [-0.1, -0.05) is 118 Å². The number of amides is 2. The Labute approximate surface area is 339 Å². The standard InChI is InChI=1S/C47H51NO7SSi/c1-47(2,3)57(38-17-9-5-10-18-38,39-19-11-6-12-20-39)54-31-34-27-40-44(46(53)48(45(40)52)28-37-16-13-25-56-37)41(30-50)43(34)42(51)24-21-33(32-14-7-4-8-15-32)26-35-22-23-36(29-49)55-35/h4-20,22-23,25-26,40-42,44,49-51H,21,24,27-31H2,1-3H3/b33-26-/t40-,41+,42-,44-/m1/s1. The molecule has 7 rings (SSSR count). The number of aliphatic hydroxyl groups is 3. The van der Waals surface area contributed by atoms with Gasteiger partial charge in [0.2, 0.25) is 11.8 Å². The van der Waals surface area contributed by atoms with Crippen molar-refractivity contribution in [3.63, 3.8) is 0 Å². The van der Waals surface area contributed by atoms with E-state index in [1.54, 1.807) is 6.07 Å². The first kappa shape index (κ1) is 40.5. The molecule has 1 aliphatic carbocycles. The summed E-state index contributed by atoms with van der Waals surface area (Å²) in [4.78, 5) is 30.7. The monoisotopic (exact) mass is 801 g/mol. The second-order valence-corrected chi connectivity index (χ2v) is 21.4. The lowest BCUT2D eigenvalue weighted by molar-refractivity contribution is -0.140. The molecule has 0 unspecified atom stereocenters. The molecule has 3 heterocycles. The Bertz CT molecular complexity index is 2150. The van der Waals surface area contributed by atoms with Crippen LogP contribution in [-0.2, 0) is 27.2 Å². The van der Waals surface area contributed by atoms with Crippen LogP contribution in [0.3, 0.4) is 0 Å². The highest BCUT2D eigenvalue weighted by Gasteiger charge is 2.56. The maximum absolute atomic E-state index is 14.3. The lowest BCUT2D eigenvalue weighted by atomic mass is 9.68. The predicted octanol–water partition coefficient (Wildman–Crippen LogP) is 7.20. The number of benzene rings is 3. The van der Waals surface area contributed by atoms with E-state index in [0.29, 0.717) is 23.5 Å². The molecule has 2 amide bonds. The van der Waals surface area contributed by atoms with E-state index in [-0.39, 0.29) is 49.5 Å². The molecular formula is C47H51NO7SSi. The number of likely N-dealkylation sites (tertiary alicyclic amines) is 1. The van der Waals surface area contributed by atoms with Crippen molar-refractivity contribution in [2.45, 2.75) is 64.3 Å².